The number of carboxylic acid groups (broad SMARTS) is 2. The van der Waals surface area contributed by atoms with Gasteiger partial charge in [0.05, 0.1) is 0 Å². The molecule has 0 aromatic heterocycles. The average molecular weight is 286 g/mol. The number of likely N-dealkylation sites (tertiary alicyclic amines) is 1. The quantitative estimate of drug-likeness (QED) is 0.253. The van der Waals surface area contributed by atoms with E-state index in [4.69, 9.17) is 16.6 Å². The van der Waals surface area contributed by atoms with Gasteiger partial charge in [-0.25, -0.2) is 9.59 Å². The Bertz CT molecular complexity index is 433. The number of guanidine groups is 1. The second kappa shape index (κ2) is 6.73. The molecule has 0 radical (unpaired) electrons. The van der Waals surface area contributed by atoms with Crippen LogP contribution >= 0.6 is 0 Å². The third kappa shape index (κ3) is 3.84. The van der Waals surface area contributed by atoms with E-state index < -0.39 is 29.9 Å². The molecule has 0 unspecified atom stereocenters. The lowest BCUT2D eigenvalue weighted by molar-refractivity contribution is -0.155. The van der Waals surface area contributed by atoms with E-state index in [1.165, 1.54) is 0 Å². The average Bonchev–Trinajstić information content (AvgIpc) is 2.70. The van der Waals surface area contributed by atoms with Gasteiger partial charge in [0.1, 0.15) is 12.1 Å². The van der Waals surface area contributed by atoms with Crippen molar-refractivity contribution in [3.05, 3.63) is 0 Å². The molecule has 20 heavy (non-hydrogen) atoms. The van der Waals surface area contributed by atoms with Crippen molar-refractivity contribution in [3.8, 4) is 0 Å². The van der Waals surface area contributed by atoms with Crippen molar-refractivity contribution in [2.45, 2.75) is 37.8 Å². The molecule has 1 rings (SSSR count). The van der Waals surface area contributed by atoms with Gasteiger partial charge in [-0.05, 0) is 19.3 Å². The van der Waals surface area contributed by atoms with E-state index in [0.29, 0.717) is 6.42 Å². The number of carboxylic acids is 2. The van der Waals surface area contributed by atoms with Crippen molar-refractivity contribution in [1.29, 1.82) is 0 Å². The SMILES string of the molecule is NC(N)=NCCC[C@@H](C(=O)O)N1C(=O)CC[C@H]1C(=O)O. The molecule has 1 amide bonds. The van der Waals surface area contributed by atoms with Crippen LogP contribution in [0.15, 0.2) is 4.99 Å². The van der Waals surface area contributed by atoms with Crippen LogP contribution in [-0.2, 0) is 14.4 Å². The summed E-state index contributed by atoms with van der Waals surface area (Å²) in [5.41, 5.74) is 10.3. The van der Waals surface area contributed by atoms with Crippen molar-refractivity contribution < 1.29 is 24.6 Å². The Morgan fingerprint density at radius 1 is 1.40 bits per heavy atom. The van der Waals surface area contributed by atoms with Crippen LogP contribution in [0.4, 0.5) is 0 Å². The Hall–Kier alpha value is -2.32. The largest absolute Gasteiger partial charge is 0.480 e. The molecule has 1 aliphatic heterocycles. The number of amides is 1. The first-order chi connectivity index (χ1) is 9.34. The molecule has 6 N–H and O–H groups in total. The highest BCUT2D eigenvalue weighted by atomic mass is 16.4. The lowest BCUT2D eigenvalue weighted by Crippen LogP contribution is -2.49. The molecule has 9 nitrogen and oxygen atoms in total. The lowest BCUT2D eigenvalue weighted by Gasteiger charge is -2.28. The molecule has 0 saturated carbocycles. The van der Waals surface area contributed by atoms with Crippen molar-refractivity contribution >= 4 is 23.8 Å². The Labute approximate surface area is 115 Å². The van der Waals surface area contributed by atoms with Crippen LogP contribution in [0.5, 0.6) is 0 Å². The Balaban J connectivity index is 2.74. The van der Waals surface area contributed by atoms with Gasteiger partial charge in [0, 0.05) is 13.0 Å². The van der Waals surface area contributed by atoms with Crippen LogP contribution in [0.2, 0.25) is 0 Å². The fraction of sp³-hybridized carbons (Fsp3) is 0.636. The van der Waals surface area contributed by atoms with E-state index in [-0.39, 0.29) is 31.8 Å². The van der Waals surface area contributed by atoms with E-state index in [2.05, 4.69) is 4.99 Å². The molecule has 0 bridgehead atoms. The first-order valence-corrected chi connectivity index (χ1v) is 6.16. The summed E-state index contributed by atoms with van der Waals surface area (Å²) in [5.74, 6) is -2.97. The van der Waals surface area contributed by atoms with E-state index >= 15 is 0 Å². The number of aliphatic imine (C=N–C) groups is 1. The van der Waals surface area contributed by atoms with Crippen molar-refractivity contribution in [3.63, 3.8) is 0 Å². The van der Waals surface area contributed by atoms with Gasteiger partial charge in [-0.3, -0.25) is 9.79 Å². The molecule has 9 heteroatoms. The van der Waals surface area contributed by atoms with Gasteiger partial charge >= 0.3 is 11.9 Å². The number of carbonyl (C=O) groups excluding carboxylic acids is 1. The molecule has 1 saturated heterocycles. The first kappa shape index (κ1) is 15.7. The smallest absolute Gasteiger partial charge is 0.326 e. The third-order valence-electron chi connectivity index (χ3n) is 3.09. The van der Waals surface area contributed by atoms with Crippen molar-refractivity contribution in [1.82, 2.24) is 4.90 Å². The number of rotatable bonds is 7. The van der Waals surface area contributed by atoms with Gasteiger partial charge in [-0.1, -0.05) is 0 Å². The number of nitrogens with zero attached hydrogens (tertiary/aromatic N) is 2. The molecule has 0 aliphatic carbocycles. The van der Waals surface area contributed by atoms with Gasteiger partial charge in [-0.15, -0.1) is 0 Å². The molecule has 112 valence electrons. The van der Waals surface area contributed by atoms with E-state index in [0.717, 1.165) is 4.90 Å². The monoisotopic (exact) mass is 286 g/mol. The molecule has 1 heterocycles. The summed E-state index contributed by atoms with van der Waals surface area (Å²) >= 11 is 0. The summed E-state index contributed by atoms with van der Waals surface area (Å²) in [6, 6.07) is -2.24. The van der Waals surface area contributed by atoms with Crippen LogP contribution in [0.25, 0.3) is 0 Å². The van der Waals surface area contributed by atoms with Gasteiger partial charge in [0.2, 0.25) is 5.91 Å². The molecular weight excluding hydrogens is 268 g/mol. The molecule has 0 aromatic rings. The van der Waals surface area contributed by atoms with Crippen LogP contribution < -0.4 is 11.5 Å². The summed E-state index contributed by atoms with van der Waals surface area (Å²) < 4.78 is 0. The maximum absolute atomic E-state index is 11.7. The Morgan fingerprint density at radius 2 is 2.05 bits per heavy atom. The highest BCUT2D eigenvalue weighted by Crippen LogP contribution is 2.24. The summed E-state index contributed by atoms with van der Waals surface area (Å²) in [6.07, 6.45) is 0.618. The number of hydrogen-bond donors (Lipinski definition) is 4. The molecule has 2 atom stereocenters. The zero-order valence-corrected chi connectivity index (χ0v) is 10.9. The van der Waals surface area contributed by atoms with Crippen LogP contribution in [0.1, 0.15) is 25.7 Å². The summed E-state index contributed by atoms with van der Waals surface area (Å²) in [6.45, 7) is 0.228. The van der Waals surface area contributed by atoms with Crippen molar-refractivity contribution in [2.24, 2.45) is 16.5 Å². The molecule has 0 aromatic carbocycles. The summed E-state index contributed by atoms with van der Waals surface area (Å²) in [5, 5.41) is 18.2. The second-order valence-electron chi connectivity index (χ2n) is 4.50. The van der Waals surface area contributed by atoms with Crippen LogP contribution in [0.3, 0.4) is 0 Å². The maximum atomic E-state index is 11.7. The number of nitrogens with two attached hydrogens (primary N) is 2. The maximum Gasteiger partial charge on any atom is 0.326 e. The fourth-order valence-electron chi connectivity index (χ4n) is 2.21. The minimum Gasteiger partial charge on any atom is -0.480 e. The highest BCUT2D eigenvalue weighted by molar-refractivity contribution is 5.91. The van der Waals surface area contributed by atoms with E-state index in [1.807, 2.05) is 0 Å². The molecule has 1 fully saturated rings. The summed E-state index contributed by atoms with van der Waals surface area (Å²) in [4.78, 5) is 38.7. The molecule has 0 spiro atoms. The van der Waals surface area contributed by atoms with E-state index in [9.17, 15) is 19.5 Å². The van der Waals surface area contributed by atoms with Gasteiger partial charge in [0.25, 0.3) is 0 Å². The zero-order chi connectivity index (χ0) is 15.3. The Kier molecular flexibility index (Phi) is 5.30. The van der Waals surface area contributed by atoms with Crippen LogP contribution in [0, 0.1) is 0 Å². The standard InChI is InChI=1S/C11H18N4O5/c12-11(13)14-5-1-2-6(9(17)18)15-7(10(19)20)3-4-8(15)16/h6-7H,1-5H2,(H,17,18)(H,19,20)(H4,12,13,14)/t6-,7-/m0/s1. The normalized spacial score (nSPS) is 19.7. The van der Waals surface area contributed by atoms with Gasteiger partial charge < -0.3 is 26.6 Å². The Morgan fingerprint density at radius 3 is 2.55 bits per heavy atom. The predicted octanol–water partition coefficient (Wildman–Crippen LogP) is -1.43. The molecular formula is C11H18N4O5. The first-order valence-electron chi connectivity index (χ1n) is 6.16. The van der Waals surface area contributed by atoms with E-state index in [1.54, 1.807) is 0 Å². The second-order valence-corrected chi connectivity index (χ2v) is 4.50. The van der Waals surface area contributed by atoms with Gasteiger partial charge in [0.15, 0.2) is 5.96 Å². The predicted molar refractivity (Wildman–Crippen MR) is 68.8 cm³/mol. The minimum atomic E-state index is -1.23. The fourth-order valence-corrected chi connectivity index (χ4v) is 2.21. The number of aliphatic carboxylic acids is 2. The molecule has 1 aliphatic rings. The van der Waals surface area contributed by atoms with Gasteiger partial charge in [-0.2, -0.15) is 0 Å². The third-order valence-corrected chi connectivity index (χ3v) is 3.09. The number of hydrogen-bond acceptors (Lipinski definition) is 4. The van der Waals surface area contributed by atoms with Crippen LogP contribution in [-0.4, -0.2) is 57.5 Å². The number of carbonyl (C=O) groups is 3. The lowest BCUT2D eigenvalue weighted by atomic mass is 10.1. The zero-order valence-electron chi connectivity index (χ0n) is 10.9. The minimum absolute atomic E-state index is 0.0502. The van der Waals surface area contributed by atoms with Crippen molar-refractivity contribution in [2.75, 3.05) is 6.54 Å². The highest BCUT2D eigenvalue weighted by Gasteiger charge is 2.42. The summed E-state index contributed by atoms with van der Waals surface area (Å²) in [7, 11) is 0. The topological polar surface area (TPSA) is 159 Å².